The zero-order chi connectivity index (χ0) is 29.7. The second-order valence-electron chi connectivity index (χ2n) is 11.7. The highest BCUT2D eigenvalue weighted by Gasteiger charge is 2.25. The van der Waals surface area contributed by atoms with E-state index >= 15 is 0 Å². The molecule has 1 amide bonds. The van der Waals surface area contributed by atoms with Crippen LogP contribution >= 0.6 is 11.8 Å². The van der Waals surface area contributed by atoms with E-state index in [1.165, 1.54) is 25.9 Å². The van der Waals surface area contributed by atoms with Crippen LogP contribution in [0.1, 0.15) is 72.9 Å². The van der Waals surface area contributed by atoms with Crippen molar-refractivity contribution in [3.05, 3.63) is 77.7 Å². The van der Waals surface area contributed by atoms with Crippen LogP contribution in [0, 0.1) is 11.8 Å². The van der Waals surface area contributed by atoms with E-state index in [4.69, 9.17) is 14.6 Å². The van der Waals surface area contributed by atoms with Gasteiger partial charge in [-0.2, -0.15) is 5.10 Å². The van der Waals surface area contributed by atoms with E-state index in [9.17, 15) is 4.79 Å². The van der Waals surface area contributed by atoms with Crippen molar-refractivity contribution in [1.82, 2.24) is 25.0 Å². The van der Waals surface area contributed by atoms with Crippen LogP contribution in [0.15, 0.2) is 70.6 Å². The first-order valence-electron chi connectivity index (χ1n) is 15.7. The fraction of sp³-hybridized carbons (Fsp3) is 0.400. The van der Waals surface area contributed by atoms with Crippen LogP contribution in [-0.4, -0.2) is 64.5 Å². The highest BCUT2D eigenvalue weighted by Crippen LogP contribution is 2.35. The lowest BCUT2D eigenvalue weighted by Crippen LogP contribution is -2.25. The van der Waals surface area contributed by atoms with Crippen LogP contribution in [0.25, 0.3) is 10.9 Å². The molecule has 1 unspecified atom stereocenters. The number of ether oxygens (including phenoxy) is 2. The van der Waals surface area contributed by atoms with E-state index in [0.29, 0.717) is 29.6 Å². The number of nitrogens with zero attached hydrogens (tertiary/aromatic N) is 4. The van der Waals surface area contributed by atoms with Gasteiger partial charge in [0.05, 0.1) is 17.3 Å². The molecule has 44 heavy (non-hydrogen) atoms. The summed E-state index contributed by atoms with van der Waals surface area (Å²) in [5, 5.41) is 9.03. The van der Waals surface area contributed by atoms with Gasteiger partial charge in [0.2, 0.25) is 0 Å². The van der Waals surface area contributed by atoms with Crippen molar-refractivity contribution < 1.29 is 14.3 Å². The Morgan fingerprint density at radius 1 is 1.02 bits per heavy atom. The molecule has 2 aliphatic heterocycles. The average Bonchev–Trinajstić information content (AvgIpc) is 3.57. The lowest BCUT2D eigenvalue weighted by atomic mass is 10.1. The molecule has 226 valence electrons. The fourth-order valence-corrected chi connectivity index (χ4v) is 6.71. The van der Waals surface area contributed by atoms with Crippen LogP contribution in [-0.2, 0) is 4.74 Å². The predicted molar refractivity (Wildman–Crippen MR) is 171 cm³/mol. The minimum atomic E-state index is -0.131. The maximum atomic E-state index is 12.9. The van der Waals surface area contributed by atoms with Gasteiger partial charge >= 0.3 is 0 Å². The number of carbonyl (C=O) groups excluding carboxylic acids is 1. The number of amides is 1. The molecule has 0 spiro atoms. The summed E-state index contributed by atoms with van der Waals surface area (Å²) in [6.07, 6.45) is 9.37. The number of aromatic nitrogens is 3. The minimum Gasteiger partial charge on any atom is -0.491 e. The van der Waals surface area contributed by atoms with Gasteiger partial charge in [0, 0.05) is 34.4 Å². The smallest absolute Gasteiger partial charge is 0.252 e. The quantitative estimate of drug-likeness (QED) is 0.232. The number of nitrogens with one attached hydrogen (secondary N) is 1. The number of benzene rings is 2. The molecule has 7 rings (SSSR count). The summed E-state index contributed by atoms with van der Waals surface area (Å²) in [6, 6.07) is 18.2. The van der Waals surface area contributed by atoms with Crippen molar-refractivity contribution in [1.29, 1.82) is 0 Å². The predicted octanol–water partition coefficient (Wildman–Crippen LogP) is 6.05. The third-order valence-electron chi connectivity index (χ3n) is 8.30. The van der Waals surface area contributed by atoms with Crippen molar-refractivity contribution in [2.24, 2.45) is 0 Å². The molecule has 1 saturated carbocycles. The summed E-state index contributed by atoms with van der Waals surface area (Å²) in [5.74, 6) is 7.23. The molecule has 2 aromatic heterocycles. The van der Waals surface area contributed by atoms with Gasteiger partial charge in [0.25, 0.3) is 5.91 Å². The van der Waals surface area contributed by atoms with Crippen LogP contribution < -0.4 is 10.1 Å². The van der Waals surface area contributed by atoms with Crippen LogP contribution in [0.3, 0.4) is 0 Å². The van der Waals surface area contributed by atoms with Gasteiger partial charge in [0.1, 0.15) is 23.7 Å². The Kier molecular flexibility index (Phi) is 8.82. The van der Waals surface area contributed by atoms with Crippen molar-refractivity contribution >= 4 is 28.6 Å². The van der Waals surface area contributed by atoms with Crippen LogP contribution in [0.2, 0.25) is 0 Å². The third kappa shape index (κ3) is 6.94. The molecule has 2 aromatic carbocycles. The van der Waals surface area contributed by atoms with Gasteiger partial charge in [-0.05, 0) is 112 Å². The van der Waals surface area contributed by atoms with Gasteiger partial charge in [-0.1, -0.05) is 23.9 Å². The molecule has 9 heteroatoms. The maximum Gasteiger partial charge on any atom is 0.252 e. The highest BCUT2D eigenvalue weighted by atomic mass is 32.2. The number of carbonyl (C=O) groups is 1. The van der Waals surface area contributed by atoms with E-state index in [-0.39, 0.29) is 12.1 Å². The number of pyridine rings is 1. The molecule has 0 bridgehead atoms. The monoisotopic (exact) mass is 607 g/mol. The number of rotatable bonds is 9. The third-order valence-corrected chi connectivity index (χ3v) is 9.37. The summed E-state index contributed by atoms with van der Waals surface area (Å²) >= 11 is 1.59. The second-order valence-corrected chi connectivity index (χ2v) is 12.8. The standard InChI is InChI=1S/C35H37N5O3S/c41-35(37-26-10-11-26)30-7-1-2-8-33(30)44-28-15-16-29-31(38-40(32(29)23-28)34-9-3-6-21-43-34)17-13-25-12-14-27(24-36-25)42-22-20-39-18-4-5-19-39/h1-2,7-8,12,14-16,23-24,26,34H,3-6,9-11,18-22H2,(H,37,41). The molecule has 4 aromatic rings. The number of fused-ring (bicyclic) bond motifs is 1. The molecule has 3 aliphatic rings. The Morgan fingerprint density at radius 3 is 2.70 bits per heavy atom. The summed E-state index contributed by atoms with van der Waals surface area (Å²) in [4.78, 5) is 21.8. The zero-order valence-corrected chi connectivity index (χ0v) is 25.7. The van der Waals surface area contributed by atoms with Crippen molar-refractivity contribution in [2.75, 3.05) is 32.8 Å². The normalized spacial score (nSPS) is 18.6. The molecule has 2 saturated heterocycles. The Balaban J connectivity index is 1.12. The average molecular weight is 608 g/mol. The van der Waals surface area contributed by atoms with E-state index in [1.807, 2.05) is 41.1 Å². The van der Waals surface area contributed by atoms with E-state index in [1.54, 1.807) is 18.0 Å². The van der Waals surface area contributed by atoms with E-state index in [2.05, 4.69) is 45.2 Å². The Bertz CT molecular complexity index is 1680. The van der Waals surface area contributed by atoms with E-state index in [0.717, 1.165) is 71.7 Å². The molecule has 4 heterocycles. The number of hydrogen-bond donors (Lipinski definition) is 1. The van der Waals surface area contributed by atoms with Gasteiger partial charge in [-0.15, -0.1) is 0 Å². The van der Waals surface area contributed by atoms with E-state index < -0.39 is 0 Å². The van der Waals surface area contributed by atoms with Crippen molar-refractivity contribution in [3.63, 3.8) is 0 Å². The lowest BCUT2D eigenvalue weighted by Gasteiger charge is -2.23. The molecule has 1 aliphatic carbocycles. The lowest BCUT2D eigenvalue weighted by molar-refractivity contribution is -0.0367. The summed E-state index contributed by atoms with van der Waals surface area (Å²) in [5.41, 5.74) is 3.04. The molecular formula is C35H37N5O3S. The summed E-state index contributed by atoms with van der Waals surface area (Å²) in [6.45, 7) is 4.67. The van der Waals surface area contributed by atoms with Gasteiger partial charge in [-0.25, -0.2) is 9.67 Å². The first-order valence-corrected chi connectivity index (χ1v) is 16.6. The molecular weight excluding hydrogens is 570 g/mol. The molecule has 1 atom stereocenters. The second kappa shape index (κ2) is 13.4. The Labute approximate surface area is 262 Å². The fourth-order valence-electron chi connectivity index (χ4n) is 5.73. The minimum absolute atomic E-state index is 0.00910. The van der Waals surface area contributed by atoms with Gasteiger partial charge in [0.15, 0.2) is 6.23 Å². The Morgan fingerprint density at radius 2 is 1.91 bits per heavy atom. The molecule has 3 fully saturated rings. The molecule has 8 nitrogen and oxygen atoms in total. The van der Waals surface area contributed by atoms with Gasteiger partial charge in [-0.3, -0.25) is 9.69 Å². The van der Waals surface area contributed by atoms with Crippen molar-refractivity contribution in [2.45, 2.75) is 67.0 Å². The van der Waals surface area contributed by atoms with Crippen LogP contribution in [0.5, 0.6) is 5.75 Å². The summed E-state index contributed by atoms with van der Waals surface area (Å²) < 4.78 is 14.0. The van der Waals surface area contributed by atoms with Gasteiger partial charge < -0.3 is 14.8 Å². The Hall–Kier alpha value is -3.84. The first kappa shape index (κ1) is 28.9. The first-order chi connectivity index (χ1) is 21.7. The molecule has 0 radical (unpaired) electrons. The zero-order valence-electron chi connectivity index (χ0n) is 24.8. The van der Waals surface area contributed by atoms with Crippen LogP contribution in [0.4, 0.5) is 0 Å². The number of likely N-dealkylation sites (tertiary alicyclic amines) is 1. The van der Waals surface area contributed by atoms with Crippen molar-refractivity contribution in [3.8, 4) is 17.6 Å². The number of hydrogen-bond acceptors (Lipinski definition) is 7. The largest absolute Gasteiger partial charge is 0.491 e. The highest BCUT2D eigenvalue weighted by molar-refractivity contribution is 7.99. The topological polar surface area (TPSA) is 81.5 Å². The maximum absolute atomic E-state index is 12.9. The summed E-state index contributed by atoms with van der Waals surface area (Å²) in [7, 11) is 0. The SMILES string of the molecule is O=C(NC1CC1)c1ccccc1Sc1ccc2c(C#Cc3ccc(OCCN4CCCC4)cn3)nn(C3CCCCO3)c2c1. The molecule has 1 N–H and O–H groups in total.